The summed E-state index contributed by atoms with van der Waals surface area (Å²) in [6.45, 7) is 5.09. The van der Waals surface area contributed by atoms with E-state index in [4.69, 9.17) is 10.7 Å². The third-order valence-corrected chi connectivity index (χ3v) is 6.20. The lowest BCUT2D eigenvalue weighted by atomic mass is 10.1. The lowest BCUT2D eigenvalue weighted by molar-refractivity contribution is -0.131. The van der Waals surface area contributed by atoms with Crippen LogP contribution in [0.3, 0.4) is 0 Å². The summed E-state index contributed by atoms with van der Waals surface area (Å²) in [6, 6.07) is 10.2. The van der Waals surface area contributed by atoms with Gasteiger partial charge in [-0.1, -0.05) is 19.1 Å². The molecule has 0 atom stereocenters. The molecule has 0 unspecified atom stereocenters. The summed E-state index contributed by atoms with van der Waals surface area (Å²) in [5, 5.41) is 12.7. The molecule has 4 aromatic rings. The minimum Gasteiger partial charge on any atom is -0.395 e. The Bertz CT molecular complexity index is 1200. The van der Waals surface area contributed by atoms with Gasteiger partial charge in [-0.25, -0.2) is 9.97 Å². The smallest absolute Gasteiger partial charge is 0.222 e. The van der Waals surface area contributed by atoms with Crippen LogP contribution in [0.5, 0.6) is 0 Å². The van der Waals surface area contributed by atoms with Gasteiger partial charge in [0.2, 0.25) is 5.91 Å². The van der Waals surface area contributed by atoms with Crippen molar-refractivity contribution in [1.29, 1.82) is 0 Å². The molecule has 0 spiro atoms. The van der Waals surface area contributed by atoms with Gasteiger partial charge in [-0.3, -0.25) is 4.79 Å². The van der Waals surface area contributed by atoms with E-state index in [0.29, 0.717) is 43.2 Å². The highest BCUT2D eigenvalue weighted by atomic mass is 32.1. The Morgan fingerprint density at radius 2 is 2.10 bits per heavy atom. The Kier molecular flexibility index (Phi) is 5.69. The number of rotatable bonds is 7. The second kappa shape index (κ2) is 8.41. The lowest BCUT2D eigenvalue weighted by Crippen LogP contribution is -2.31. The number of aromatic nitrogens is 3. The molecular formula is C22H25N5O2S. The van der Waals surface area contributed by atoms with E-state index >= 15 is 0 Å². The van der Waals surface area contributed by atoms with Crippen molar-refractivity contribution in [1.82, 2.24) is 19.4 Å². The Morgan fingerprint density at radius 3 is 2.77 bits per heavy atom. The van der Waals surface area contributed by atoms with Gasteiger partial charge < -0.3 is 20.3 Å². The fourth-order valence-corrected chi connectivity index (χ4v) is 4.51. The first-order chi connectivity index (χ1) is 14.6. The Morgan fingerprint density at radius 1 is 1.27 bits per heavy atom. The number of nitrogen functional groups attached to an aromatic ring is 1. The highest BCUT2D eigenvalue weighted by Crippen LogP contribution is 2.33. The van der Waals surface area contributed by atoms with Gasteiger partial charge in [0.1, 0.15) is 11.3 Å². The molecule has 0 radical (unpaired) electrons. The summed E-state index contributed by atoms with van der Waals surface area (Å²) < 4.78 is 1.96. The first-order valence-corrected chi connectivity index (χ1v) is 11.0. The van der Waals surface area contributed by atoms with E-state index in [-0.39, 0.29) is 12.5 Å². The van der Waals surface area contributed by atoms with Crippen molar-refractivity contribution in [3.8, 4) is 10.4 Å². The largest absolute Gasteiger partial charge is 0.395 e. The number of anilines is 1. The van der Waals surface area contributed by atoms with Crippen LogP contribution in [0.25, 0.3) is 32.4 Å². The second-order valence-electron chi connectivity index (χ2n) is 7.07. The summed E-state index contributed by atoms with van der Waals surface area (Å²) in [6.07, 6.45) is 0.437. The molecule has 0 saturated heterocycles. The van der Waals surface area contributed by atoms with Crippen molar-refractivity contribution < 1.29 is 9.90 Å². The van der Waals surface area contributed by atoms with Crippen LogP contribution in [0.15, 0.2) is 35.7 Å². The number of aliphatic hydroxyl groups is 1. The monoisotopic (exact) mass is 423 g/mol. The molecule has 1 aromatic carbocycles. The molecule has 3 N–H and O–H groups in total. The minimum atomic E-state index is -0.0384. The highest BCUT2D eigenvalue weighted by Gasteiger charge is 2.20. The summed E-state index contributed by atoms with van der Waals surface area (Å²) in [4.78, 5) is 24.5. The van der Waals surface area contributed by atoms with E-state index in [9.17, 15) is 9.90 Å². The summed E-state index contributed by atoms with van der Waals surface area (Å²) >= 11 is 1.67. The van der Waals surface area contributed by atoms with Gasteiger partial charge in [0.15, 0.2) is 5.82 Å². The molecule has 0 aliphatic carbocycles. The molecular weight excluding hydrogens is 398 g/mol. The van der Waals surface area contributed by atoms with Crippen LogP contribution in [0, 0.1) is 0 Å². The van der Waals surface area contributed by atoms with Gasteiger partial charge in [-0.05, 0) is 36.1 Å². The molecule has 0 fully saturated rings. The van der Waals surface area contributed by atoms with Crippen LogP contribution in [0.2, 0.25) is 0 Å². The van der Waals surface area contributed by atoms with Crippen molar-refractivity contribution >= 4 is 45.0 Å². The number of fused-ring (bicyclic) bond motifs is 3. The average molecular weight is 424 g/mol. The van der Waals surface area contributed by atoms with Gasteiger partial charge in [-0.15, -0.1) is 11.3 Å². The zero-order chi connectivity index (χ0) is 21.3. The molecule has 4 rings (SSSR count). The van der Waals surface area contributed by atoms with E-state index in [0.717, 1.165) is 22.0 Å². The maximum absolute atomic E-state index is 12.3. The van der Waals surface area contributed by atoms with Crippen LogP contribution in [-0.2, 0) is 17.9 Å². The predicted molar refractivity (Wildman–Crippen MR) is 121 cm³/mol. The van der Waals surface area contributed by atoms with Crippen molar-refractivity contribution in [2.45, 2.75) is 33.4 Å². The molecule has 0 aliphatic rings. The van der Waals surface area contributed by atoms with Gasteiger partial charge >= 0.3 is 0 Å². The number of benzene rings is 1. The maximum atomic E-state index is 12.3. The molecule has 0 aliphatic heterocycles. The standard InChI is InChI=1S/C22H25N5O2S/c1-3-19(29)26(4-2)13-18-25-20-21(27(18)9-10-28)15-8-7-14(17-6-5-11-30-17)12-16(15)24-22(20)23/h5-8,11-12,28H,3-4,9-10,13H2,1-2H3,(H2,23,24). The maximum Gasteiger partial charge on any atom is 0.222 e. The molecule has 3 aromatic heterocycles. The van der Waals surface area contributed by atoms with Crippen molar-refractivity contribution in [2.24, 2.45) is 0 Å². The number of hydrogen-bond donors (Lipinski definition) is 2. The van der Waals surface area contributed by atoms with Crippen LogP contribution >= 0.6 is 11.3 Å². The zero-order valence-electron chi connectivity index (χ0n) is 17.1. The molecule has 8 heteroatoms. The van der Waals surface area contributed by atoms with Crippen molar-refractivity contribution in [2.75, 3.05) is 18.9 Å². The minimum absolute atomic E-state index is 0.0384. The van der Waals surface area contributed by atoms with Gasteiger partial charge in [0.25, 0.3) is 0 Å². The second-order valence-corrected chi connectivity index (χ2v) is 8.02. The number of pyridine rings is 1. The Balaban J connectivity index is 1.90. The van der Waals surface area contributed by atoms with E-state index < -0.39 is 0 Å². The topological polar surface area (TPSA) is 97.3 Å². The zero-order valence-corrected chi connectivity index (χ0v) is 17.9. The first-order valence-electron chi connectivity index (χ1n) is 10.1. The van der Waals surface area contributed by atoms with E-state index in [1.54, 1.807) is 16.2 Å². The Hall–Kier alpha value is -2.97. The van der Waals surface area contributed by atoms with Crippen LogP contribution in [-0.4, -0.2) is 43.6 Å². The number of carbonyl (C=O) groups is 1. The fourth-order valence-electron chi connectivity index (χ4n) is 3.79. The average Bonchev–Trinajstić information content (AvgIpc) is 3.41. The normalized spacial score (nSPS) is 11.4. The highest BCUT2D eigenvalue weighted by molar-refractivity contribution is 7.13. The number of hydrogen-bond acceptors (Lipinski definition) is 6. The van der Waals surface area contributed by atoms with E-state index in [2.05, 4.69) is 17.1 Å². The SMILES string of the molecule is CCC(=O)N(CC)Cc1nc2c(N)nc3cc(-c4cccs4)ccc3c2n1CCO. The number of aliphatic hydroxyl groups excluding tert-OH is 1. The third-order valence-electron chi connectivity index (χ3n) is 5.28. The van der Waals surface area contributed by atoms with Crippen LogP contribution in [0.1, 0.15) is 26.1 Å². The number of nitrogens with two attached hydrogens (primary N) is 1. The number of nitrogens with zero attached hydrogens (tertiary/aromatic N) is 4. The number of carbonyl (C=O) groups excluding carboxylic acids is 1. The molecule has 0 saturated carbocycles. The van der Waals surface area contributed by atoms with E-state index in [1.165, 1.54) is 4.88 Å². The first kappa shape index (κ1) is 20.3. The molecule has 30 heavy (non-hydrogen) atoms. The molecule has 7 nitrogen and oxygen atoms in total. The summed E-state index contributed by atoms with van der Waals surface area (Å²) in [7, 11) is 0. The molecule has 156 valence electrons. The quantitative estimate of drug-likeness (QED) is 0.473. The van der Waals surface area contributed by atoms with Gasteiger partial charge in [0.05, 0.1) is 24.2 Å². The van der Waals surface area contributed by atoms with Crippen molar-refractivity contribution in [3.63, 3.8) is 0 Å². The number of amides is 1. The summed E-state index contributed by atoms with van der Waals surface area (Å²) in [5.41, 5.74) is 9.62. The predicted octanol–water partition coefficient (Wildman–Crippen LogP) is 3.65. The fraction of sp³-hybridized carbons (Fsp3) is 0.318. The van der Waals surface area contributed by atoms with Crippen molar-refractivity contribution in [3.05, 3.63) is 41.5 Å². The lowest BCUT2D eigenvalue weighted by Gasteiger charge is -2.20. The Labute approximate surface area is 178 Å². The molecule has 3 heterocycles. The molecule has 0 bridgehead atoms. The van der Waals surface area contributed by atoms with Crippen LogP contribution in [0.4, 0.5) is 5.82 Å². The molecule has 1 amide bonds. The third kappa shape index (κ3) is 3.53. The number of thiophene rings is 1. The van der Waals surface area contributed by atoms with Crippen LogP contribution < -0.4 is 5.73 Å². The summed E-state index contributed by atoms with van der Waals surface area (Å²) in [5.74, 6) is 1.12. The van der Waals surface area contributed by atoms with E-state index in [1.807, 2.05) is 42.0 Å². The number of imidazole rings is 1. The van der Waals surface area contributed by atoms with Gasteiger partial charge in [-0.2, -0.15) is 0 Å². The van der Waals surface area contributed by atoms with Gasteiger partial charge in [0, 0.05) is 29.8 Å².